The van der Waals surface area contributed by atoms with Crippen molar-refractivity contribution in [3.63, 3.8) is 0 Å². The maximum atomic E-state index is 6.84. The number of nitrogens with zero attached hydrogens (tertiary/aromatic N) is 2. The maximum absolute atomic E-state index is 6.84. The van der Waals surface area contributed by atoms with Gasteiger partial charge in [-0.05, 0) is 0 Å². The number of hydrogen-bond acceptors (Lipinski definition) is 5. The Kier molecular flexibility index (Phi) is 16.6. The Labute approximate surface area is 207 Å². The third kappa shape index (κ3) is 9.78. The van der Waals surface area contributed by atoms with E-state index in [0.29, 0.717) is 6.61 Å². The van der Waals surface area contributed by atoms with Gasteiger partial charge in [0.05, 0.1) is 0 Å². The van der Waals surface area contributed by atoms with E-state index in [4.69, 9.17) is 14.0 Å². The van der Waals surface area contributed by atoms with Gasteiger partial charge in [0, 0.05) is 0 Å². The van der Waals surface area contributed by atoms with E-state index in [0.717, 1.165) is 58.7 Å². The molecule has 0 unspecified atom stereocenters. The summed E-state index contributed by atoms with van der Waals surface area (Å²) in [4.78, 5) is 0. The molecule has 192 valence electrons. The third-order valence-corrected chi connectivity index (χ3v) is 13.3. The van der Waals surface area contributed by atoms with Gasteiger partial charge in [-0.2, -0.15) is 0 Å². The molecule has 0 spiro atoms. The first-order valence-electron chi connectivity index (χ1n) is 13.4. The monoisotopic (exact) mass is 540 g/mol. The van der Waals surface area contributed by atoms with E-state index < -0.39 is 6.04 Å². The van der Waals surface area contributed by atoms with Crippen LogP contribution in [0.1, 0.15) is 106 Å². The van der Waals surface area contributed by atoms with Gasteiger partial charge in [0.15, 0.2) is 0 Å². The fourth-order valence-corrected chi connectivity index (χ4v) is 10.4. The van der Waals surface area contributed by atoms with Crippen molar-refractivity contribution < 1.29 is 14.0 Å². The van der Waals surface area contributed by atoms with Crippen LogP contribution in [0.25, 0.3) is 0 Å². The summed E-state index contributed by atoms with van der Waals surface area (Å²) in [5.74, 6) is 0. The second kappa shape index (κ2) is 17.2. The standard InChI is InChI=1S/C25H53N2O3PSe/c1-7-13-14-15-16-17-18-19-24-28-21-25(20-8-2,22-29-24)23-30-31(32,26(9-3)10-4)27(11-5)12-6/h24H,7-23H2,1-6H3. The van der Waals surface area contributed by atoms with Gasteiger partial charge in [-0.1, -0.05) is 26.2 Å². The zero-order chi connectivity index (χ0) is 23.9. The average molecular weight is 540 g/mol. The van der Waals surface area contributed by atoms with Crippen LogP contribution in [0.5, 0.6) is 0 Å². The fraction of sp³-hybridized carbons (Fsp3) is 1.00. The molecule has 0 N–H and O–H groups in total. The molecule has 32 heavy (non-hydrogen) atoms. The molecule has 0 aliphatic carbocycles. The van der Waals surface area contributed by atoms with Crippen LogP contribution in [-0.4, -0.2) is 76.7 Å². The predicted molar refractivity (Wildman–Crippen MR) is 140 cm³/mol. The number of ether oxygens (including phenoxy) is 2. The fourth-order valence-electron chi connectivity index (χ4n) is 4.62. The van der Waals surface area contributed by atoms with E-state index in [1.807, 2.05) is 0 Å². The van der Waals surface area contributed by atoms with Gasteiger partial charge in [0.1, 0.15) is 0 Å². The van der Waals surface area contributed by atoms with Crippen LogP contribution in [0.2, 0.25) is 0 Å². The van der Waals surface area contributed by atoms with Crippen molar-refractivity contribution in [2.24, 2.45) is 5.41 Å². The Morgan fingerprint density at radius 1 is 0.781 bits per heavy atom. The van der Waals surface area contributed by atoms with Crippen LogP contribution < -0.4 is 0 Å². The first-order chi connectivity index (χ1) is 15.4. The van der Waals surface area contributed by atoms with Gasteiger partial charge >= 0.3 is 182 Å². The summed E-state index contributed by atoms with van der Waals surface area (Å²) in [5, 5.41) is 0. The zero-order valence-corrected chi connectivity index (χ0v) is 24.7. The molecule has 1 aliphatic rings. The number of rotatable bonds is 19. The van der Waals surface area contributed by atoms with Gasteiger partial charge in [-0.15, -0.1) is 0 Å². The van der Waals surface area contributed by atoms with E-state index in [9.17, 15) is 0 Å². The molecule has 1 aliphatic heterocycles. The summed E-state index contributed by atoms with van der Waals surface area (Å²) in [6.07, 6.45) is 12.5. The van der Waals surface area contributed by atoms with Gasteiger partial charge in [0.2, 0.25) is 0 Å². The van der Waals surface area contributed by atoms with Gasteiger partial charge in [-0.25, -0.2) is 0 Å². The number of hydrogen-bond donors (Lipinski definition) is 0. The predicted octanol–water partition coefficient (Wildman–Crippen LogP) is 6.83. The molecular formula is C25H53N2O3PSe. The summed E-state index contributed by atoms with van der Waals surface area (Å²) >= 11 is 3.51. The molecule has 5 nitrogen and oxygen atoms in total. The summed E-state index contributed by atoms with van der Waals surface area (Å²) in [6, 6.07) is -1.94. The van der Waals surface area contributed by atoms with Crippen molar-refractivity contribution in [3.8, 4) is 0 Å². The molecule has 1 rings (SSSR count). The van der Waals surface area contributed by atoms with Crippen molar-refractivity contribution in [1.29, 1.82) is 0 Å². The molecule has 0 saturated carbocycles. The molecule has 0 aromatic carbocycles. The molecule has 1 saturated heterocycles. The molecule has 0 bridgehead atoms. The van der Waals surface area contributed by atoms with Crippen molar-refractivity contribution in [1.82, 2.24) is 9.34 Å². The minimum absolute atomic E-state index is 0.0334. The van der Waals surface area contributed by atoms with Crippen LogP contribution in [0.3, 0.4) is 0 Å². The summed E-state index contributed by atoms with van der Waals surface area (Å²) < 4.78 is 24.3. The molecule has 0 aromatic heterocycles. The molecule has 7 heteroatoms. The first kappa shape index (κ1) is 30.8. The summed E-state index contributed by atoms with van der Waals surface area (Å²) in [6.45, 7) is 19.6. The minimum atomic E-state index is -1.94. The van der Waals surface area contributed by atoms with Crippen LogP contribution in [0.4, 0.5) is 0 Å². The molecular weight excluding hydrogens is 486 g/mol. The Bertz CT molecular complexity index is 491. The second-order valence-corrected chi connectivity index (χ2v) is 14.6. The normalized spacial score (nSPS) is 22.2. The SMILES string of the molecule is CCCCCCCCCC1OCC(CCC)(COP(=[Se])(N(CC)CC)N(CC)CC)CO1. The van der Waals surface area contributed by atoms with Crippen molar-refractivity contribution in [2.75, 3.05) is 46.0 Å². The van der Waals surface area contributed by atoms with E-state index in [-0.39, 0.29) is 11.7 Å². The van der Waals surface area contributed by atoms with Crippen molar-refractivity contribution in [2.45, 2.75) is 112 Å². The summed E-state index contributed by atoms with van der Waals surface area (Å²) in [7, 11) is 0. The Balaban J connectivity index is 2.62. The van der Waals surface area contributed by atoms with Crippen LogP contribution in [0.15, 0.2) is 0 Å². The van der Waals surface area contributed by atoms with Gasteiger partial charge < -0.3 is 0 Å². The second-order valence-electron chi connectivity index (χ2n) is 9.25. The number of unbranched alkanes of at least 4 members (excludes halogenated alkanes) is 6. The Morgan fingerprint density at radius 3 is 1.75 bits per heavy atom. The molecule has 0 atom stereocenters. The summed E-state index contributed by atoms with van der Waals surface area (Å²) in [5.41, 5.74) is -0.0409. The van der Waals surface area contributed by atoms with Gasteiger partial charge in [-0.3, -0.25) is 0 Å². The molecule has 0 amide bonds. The third-order valence-electron chi connectivity index (χ3n) is 6.69. The molecule has 1 heterocycles. The quantitative estimate of drug-likeness (QED) is 0.102. The van der Waals surface area contributed by atoms with Gasteiger partial charge in [0.25, 0.3) is 0 Å². The first-order valence-corrected chi connectivity index (χ1v) is 17.3. The van der Waals surface area contributed by atoms with E-state index in [1.54, 1.807) is 0 Å². The molecule has 0 aromatic rings. The Morgan fingerprint density at radius 2 is 1.28 bits per heavy atom. The van der Waals surface area contributed by atoms with Crippen LogP contribution >= 0.6 is 6.04 Å². The van der Waals surface area contributed by atoms with Crippen molar-refractivity contribution >= 4 is 21.1 Å². The average Bonchev–Trinajstić information content (AvgIpc) is 2.80. The Hall–Kier alpha value is 0.749. The van der Waals surface area contributed by atoms with E-state index >= 15 is 0 Å². The topological polar surface area (TPSA) is 34.2 Å². The van der Waals surface area contributed by atoms with Crippen molar-refractivity contribution in [3.05, 3.63) is 0 Å². The van der Waals surface area contributed by atoms with Crippen LogP contribution in [0, 0.1) is 5.41 Å². The molecule has 1 fully saturated rings. The molecule has 0 radical (unpaired) electrons. The van der Waals surface area contributed by atoms with E-state index in [2.05, 4.69) is 66.0 Å². The van der Waals surface area contributed by atoms with E-state index in [1.165, 1.54) is 44.9 Å². The zero-order valence-electron chi connectivity index (χ0n) is 22.1. The van der Waals surface area contributed by atoms with Crippen LogP contribution in [-0.2, 0) is 14.0 Å².